The van der Waals surface area contributed by atoms with Gasteiger partial charge in [-0.05, 0) is 45.0 Å². The molecule has 1 aliphatic heterocycles. The van der Waals surface area contributed by atoms with Gasteiger partial charge in [0.25, 0.3) is 11.8 Å². The number of nitrogens with zero attached hydrogens (tertiary/aromatic N) is 1. The zero-order valence-corrected chi connectivity index (χ0v) is 19.8. The van der Waals surface area contributed by atoms with Crippen molar-refractivity contribution in [3.8, 4) is 0 Å². The summed E-state index contributed by atoms with van der Waals surface area (Å²) in [4.78, 5) is 62.4. The smallest absolute Gasteiger partial charge is 0.407 e. The van der Waals surface area contributed by atoms with E-state index in [0.29, 0.717) is 22.5 Å². The number of nitrogens with one attached hydrogen (secondary N) is 3. The molecule has 0 radical (unpaired) electrons. The summed E-state index contributed by atoms with van der Waals surface area (Å²) in [5.41, 5.74) is 0.763. The monoisotopic (exact) mass is 480 g/mol. The van der Waals surface area contributed by atoms with Crippen LogP contribution in [0.2, 0.25) is 0 Å². The number of benzene rings is 2. The van der Waals surface area contributed by atoms with Crippen LogP contribution < -0.4 is 16.0 Å². The molecule has 0 bridgehead atoms. The van der Waals surface area contributed by atoms with E-state index in [2.05, 4.69) is 16.0 Å². The summed E-state index contributed by atoms with van der Waals surface area (Å²) < 4.78 is 5.12. The minimum Gasteiger partial charge on any atom is -0.444 e. The third kappa shape index (κ3) is 6.89. The lowest BCUT2D eigenvalue weighted by molar-refractivity contribution is -0.117. The van der Waals surface area contributed by atoms with Gasteiger partial charge in [0.2, 0.25) is 11.8 Å². The van der Waals surface area contributed by atoms with E-state index in [-0.39, 0.29) is 31.8 Å². The number of anilines is 2. The van der Waals surface area contributed by atoms with E-state index in [1.165, 1.54) is 0 Å². The number of imide groups is 1. The maximum Gasteiger partial charge on any atom is 0.407 e. The van der Waals surface area contributed by atoms with Crippen LogP contribution in [0.3, 0.4) is 0 Å². The molecule has 1 aliphatic rings. The number of para-hydroxylation sites is 2. The number of carbonyl (C=O) groups is 5. The molecule has 0 fully saturated rings. The average Bonchev–Trinajstić information content (AvgIpc) is 3.02. The van der Waals surface area contributed by atoms with Crippen molar-refractivity contribution < 1.29 is 28.7 Å². The number of fused-ring (bicyclic) bond motifs is 1. The highest BCUT2D eigenvalue weighted by atomic mass is 16.6. The van der Waals surface area contributed by atoms with Gasteiger partial charge in [-0.3, -0.25) is 24.1 Å². The van der Waals surface area contributed by atoms with Gasteiger partial charge in [0.1, 0.15) is 5.60 Å². The molecule has 10 nitrogen and oxygen atoms in total. The molecule has 0 saturated heterocycles. The second-order valence-electron chi connectivity index (χ2n) is 8.88. The second kappa shape index (κ2) is 10.8. The summed E-state index contributed by atoms with van der Waals surface area (Å²) in [6.07, 6.45) is -0.717. The fraction of sp³-hybridized carbons (Fsp3) is 0.320. The molecular formula is C25H28N4O6. The van der Waals surface area contributed by atoms with Crippen molar-refractivity contribution in [3.05, 3.63) is 59.7 Å². The van der Waals surface area contributed by atoms with Gasteiger partial charge in [-0.15, -0.1) is 0 Å². The minimum absolute atomic E-state index is 0.00126. The van der Waals surface area contributed by atoms with Crippen LogP contribution in [0.25, 0.3) is 0 Å². The van der Waals surface area contributed by atoms with Gasteiger partial charge >= 0.3 is 6.09 Å². The van der Waals surface area contributed by atoms with E-state index in [1.54, 1.807) is 69.3 Å². The van der Waals surface area contributed by atoms with E-state index in [1.807, 2.05) is 0 Å². The van der Waals surface area contributed by atoms with Crippen LogP contribution in [0.5, 0.6) is 0 Å². The standard InChI is InChI=1S/C25H28N4O6/c1-25(2,3)35-24(34)26-14-12-20(30)27-18-10-6-7-11-19(18)28-21(31)13-15-29-22(32)16-8-4-5-9-17(16)23(29)33/h4-11H,12-15H2,1-3H3,(H,26,34)(H,27,30)(H,28,31). The Morgan fingerprint density at radius 2 is 1.29 bits per heavy atom. The lowest BCUT2D eigenvalue weighted by atomic mass is 10.1. The van der Waals surface area contributed by atoms with Crippen molar-refractivity contribution in [3.63, 3.8) is 0 Å². The Morgan fingerprint density at radius 1 is 0.800 bits per heavy atom. The maximum absolute atomic E-state index is 12.5. The predicted octanol–water partition coefficient (Wildman–Crippen LogP) is 3.16. The summed E-state index contributed by atoms with van der Waals surface area (Å²) >= 11 is 0. The van der Waals surface area contributed by atoms with Gasteiger partial charge in [-0.2, -0.15) is 0 Å². The number of hydrogen-bond acceptors (Lipinski definition) is 6. The van der Waals surface area contributed by atoms with Crippen LogP contribution in [0, 0.1) is 0 Å². The minimum atomic E-state index is -0.636. The highest BCUT2D eigenvalue weighted by Crippen LogP contribution is 2.24. The van der Waals surface area contributed by atoms with Gasteiger partial charge < -0.3 is 20.7 Å². The van der Waals surface area contributed by atoms with E-state index >= 15 is 0 Å². The molecular weight excluding hydrogens is 452 g/mol. The molecule has 0 aliphatic carbocycles. The first kappa shape index (κ1) is 25.4. The first-order valence-electron chi connectivity index (χ1n) is 11.2. The maximum atomic E-state index is 12.5. The molecule has 0 aromatic heterocycles. The molecule has 0 spiro atoms. The van der Waals surface area contributed by atoms with Crippen LogP contribution in [0.4, 0.5) is 16.2 Å². The summed E-state index contributed by atoms with van der Waals surface area (Å²) in [5.74, 6) is -1.64. The molecule has 35 heavy (non-hydrogen) atoms. The largest absolute Gasteiger partial charge is 0.444 e. The number of ether oxygens (including phenoxy) is 1. The molecule has 1 heterocycles. The SMILES string of the molecule is CC(C)(C)OC(=O)NCCC(=O)Nc1ccccc1NC(=O)CCN1C(=O)c2ccccc2C1=O. The lowest BCUT2D eigenvalue weighted by Gasteiger charge is -2.19. The number of alkyl carbamates (subject to hydrolysis) is 1. The van der Waals surface area contributed by atoms with Gasteiger partial charge in [-0.25, -0.2) is 4.79 Å². The number of carbonyl (C=O) groups excluding carboxylic acids is 5. The molecule has 3 rings (SSSR count). The van der Waals surface area contributed by atoms with Gasteiger partial charge in [0.15, 0.2) is 0 Å². The normalized spacial score (nSPS) is 12.7. The fourth-order valence-corrected chi connectivity index (χ4v) is 3.37. The zero-order chi connectivity index (χ0) is 25.6. The highest BCUT2D eigenvalue weighted by Gasteiger charge is 2.35. The Kier molecular flexibility index (Phi) is 7.85. The van der Waals surface area contributed by atoms with Crippen molar-refractivity contribution in [1.29, 1.82) is 0 Å². The summed E-state index contributed by atoms with van der Waals surface area (Å²) in [7, 11) is 0. The number of amides is 5. The first-order valence-corrected chi connectivity index (χ1v) is 11.2. The molecule has 5 amide bonds. The summed E-state index contributed by atoms with van der Waals surface area (Å²) in [6.45, 7) is 5.23. The van der Waals surface area contributed by atoms with Crippen molar-refractivity contribution in [1.82, 2.24) is 10.2 Å². The average molecular weight is 481 g/mol. The van der Waals surface area contributed by atoms with Gasteiger partial charge in [0, 0.05) is 25.9 Å². The molecule has 0 atom stereocenters. The Hall–Kier alpha value is -4.21. The third-order valence-corrected chi connectivity index (χ3v) is 4.94. The van der Waals surface area contributed by atoms with Crippen molar-refractivity contribution >= 4 is 41.1 Å². The highest BCUT2D eigenvalue weighted by molar-refractivity contribution is 6.21. The van der Waals surface area contributed by atoms with Crippen LogP contribution in [0.15, 0.2) is 48.5 Å². The van der Waals surface area contributed by atoms with E-state index in [0.717, 1.165) is 4.90 Å². The Bertz CT molecular complexity index is 1120. The fourth-order valence-electron chi connectivity index (χ4n) is 3.37. The quantitative estimate of drug-likeness (QED) is 0.497. The van der Waals surface area contributed by atoms with E-state index in [9.17, 15) is 24.0 Å². The molecule has 0 saturated carbocycles. The van der Waals surface area contributed by atoms with Crippen LogP contribution in [0.1, 0.15) is 54.3 Å². The van der Waals surface area contributed by atoms with Crippen LogP contribution in [-0.2, 0) is 14.3 Å². The van der Waals surface area contributed by atoms with E-state index in [4.69, 9.17) is 4.74 Å². The van der Waals surface area contributed by atoms with Crippen molar-refractivity contribution in [2.24, 2.45) is 0 Å². The van der Waals surface area contributed by atoms with E-state index < -0.39 is 29.4 Å². The molecule has 0 unspecified atom stereocenters. The first-order chi connectivity index (χ1) is 16.5. The predicted molar refractivity (Wildman–Crippen MR) is 129 cm³/mol. The molecule has 3 N–H and O–H groups in total. The van der Waals surface area contributed by atoms with Crippen molar-refractivity contribution in [2.75, 3.05) is 23.7 Å². The topological polar surface area (TPSA) is 134 Å². The molecule has 2 aromatic carbocycles. The summed E-state index contributed by atoms with van der Waals surface area (Å²) in [5, 5.41) is 7.90. The van der Waals surface area contributed by atoms with Gasteiger partial charge in [0.05, 0.1) is 22.5 Å². The number of hydrogen-bond donors (Lipinski definition) is 3. The molecule has 184 valence electrons. The zero-order valence-electron chi connectivity index (χ0n) is 19.8. The summed E-state index contributed by atoms with van der Waals surface area (Å²) in [6, 6.07) is 13.2. The van der Waals surface area contributed by atoms with Crippen LogP contribution in [-0.4, -0.2) is 53.3 Å². The Balaban J connectivity index is 1.50. The third-order valence-electron chi connectivity index (χ3n) is 4.94. The Labute approximate surface area is 203 Å². The second-order valence-corrected chi connectivity index (χ2v) is 8.88. The Morgan fingerprint density at radius 3 is 1.80 bits per heavy atom. The lowest BCUT2D eigenvalue weighted by Crippen LogP contribution is -2.34. The number of rotatable bonds is 8. The van der Waals surface area contributed by atoms with Gasteiger partial charge in [-0.1, -0.05) is 24.3 Å². The molecule has 10 heteroatoms. The van der Waals surface area contributed by atoms with Crippen molar-refractivity contribution in [2.45, 2.75) is 39.2 Å². The molecule has 2 aromatic rings. The van der Waals surface area contributed by atoms with Crippen LogP contribution >= 0.6 is 0 Å².